The summed E-state index contributed by atoms with van der Waals surface area (Å²) in [7, 11) is 0. The van der Waals surface area contributed by atoms with Crippen LogP contribution in [0.2, 0.25) is 0 Å². The molecule has 2 aromatic heterocycles. The van der Waals surface area contributed by atoms with Crippen molar-refractivity contribution in [3.8, 4) is 0 Å². The Morgan fingerprint density at radius 2 is 1.93 bits per heavy atom. The number of benzene rings is 1. The fraction of sp³-hybridized carbons (Fsp3) is 0.381. The molecule has 1 aromatic carbocycles. The van der Waals surface area contributed by atoms with Crippen LogP contribution in [0, 0.1) is 6.92 Å². The molecule has 0 spiro atoms. The summed E-state index contributed by atoms with van der Waals surface area (Å²) >= 11 is 0. The Hall–Kier alpha value is -2.89. The Bertz CT molecular complexity index is 944. The number of aryl methyl sites for hydroxylation is 1. The van der Waals surface area contributed by atoms with Gasteiger partial charge in [0.05, 0.1) is 11.9 Å². The maximum Gasteiger partial charge on any atom is 0.274 e. The lowest BCUT2D eigenvalue weighted by atomic mass is 10.2. The SMILES string of the molecule is CCN(Cc1ccccc1)C(=O)c1cc2c(N3CCCC3)nc(C)cn2n1. The van der Waals surface area contributed by atoms with Gasteiger partial charge in [-0.05, 0) is 32.3 Å². The number of carbonyl (C=O) groups is 1. The number of nitrogens with zero attached hydrogens (tertiary/aromatic N) is 5. The minimum atomic E-state index is -0.0462. The molecule has 0 N–H and O–H groups in total. The molecular formula is C21H25N5O. The highest BCUT2D eigenvalue weighted by atomic mass is 16.2. The van der Waals surface area contributed by atoms with Crippen LogP contribution in [0.4, 0.5) is 5.82 Å². The van der Waals surface area contributed by atoms with Crippen LogP contribution in [-0.2, 0) is 6.54 Å². The molecule has 6 nitrogen and oxygen atoms in total. The fourth-order valence-electron chi connectivity index (χ4n) is 3.65. The van der Waals surface area contributed by atoms with E-state index in [0.29, 0.717) is 18.8 Å². The Morgan fingerprint density at radius 1 is 1.19 bits per heavy atom. The van der Waals surface area contributed by atoms with Gasteiger partial charge in [0.15, 0.2) is 11.5 Å². The molecule has 1 fully saturated rings. The Morgan fingerprint density at radius 3 is 2.63 bits per heavy atom. The smallest absolute Gasteiger partial charge is 0.274 e. The third-order valence-electron chi connectivity index (χ3n) is 5.07. The van der Waals surface area contributed by atoms with Crippen LogP contribution in [0.15, 0.2) is 42.6 Å². The minimum absolute atomic E-state index is 0.0462. The summed E-state index contributed by atoms with van der Waals surface area (Å²) in [6, 6.07) is 11.9. The summed E-state index contributed by atoms with van der Waals surface area (Å²) in [5.74, 6) is 0.889. The number of carbonyl (C=O) groups excluding carboxylic acids is 1. The molecule has 0 atom stereocenters. The van der Waals surface area contributed by atoms with E-state index in [9.17, 15) is 4.79 Å². The molecule has 27 heavy (non-hydrogen) atoms. The van der Waals surface area contributed by atoms with E-state index in [1.54, 1.807) is 4.52 Å². The molecule has 1 saturated heterocycles. The van der Waals surface area contributed by atoms with Crippen LogP contribution in [0.5, 0.6) is 0 Å². The zero-order chi connectivity index (χ0) is 18.8. The van der Waals surface area contributed by atoms with Crippen molar-refractivity contribution in [2.75, 3.05) is 24.5 Å². The van der Waals surface area contributed by atoms with Gasteiger partial charge in [-0.2, -0.15) is 5.10 Å². The third-order valence-corrected chi connectivity index (χ3v) is 5.07. The van der Waals surface area contributed by atoms with Gasteiger partial charge in [-0.1, -0.05) is 30.3 Å². The Kier molecular flexibility index (Phi) is 4.79. The van der Waals surface area contributed by atoms with Crippen LogP contribution in [-0.4, -0.2) is 45.0 Å². The average Bonchev–Trinajstić information content (AvgIpc) is 3.35. The summed E-state index contributed by atoms with van der Waals surface area (Å²) in [5, 5.41) is 4.57. The van der Waals surface area contributed by atoms with Crippen LogP contribution < -0.4 is 4.90 Å². The second kappa shape index (κ2) is 7.39. The van der Waals surface area contributed by atoms with E-state index in [-0.39, 0.29) is 5.91 Å². The third kappa shape index (κ3) is 3.52. The predicted molar refractivity (Wildman–Crippen MR) is 106 cm³/mol. The number of hydrogen-bond acceptors (Lipinski definition) is 4. The van der Waals surface area contributed by atoms with Gasteiger partial charge in [0, 0.05) is 32.2 Å². The number of fused-ring (bicyclic) bond motifs is 1. The summed E-state index contributed by atoms with van der Waals surface area (Å²) in [6.45, 7) is 7.21. The molecule has 1 aliphatic rings. The quantitative estimate of drug-likeness (QED) is 0.698. The molecule has 0 bridgehead atoms. The lowest BCUT2D eigenvalue weighted by Crippen LogP contribution is -2.30. The highest BCUT2D eigenvalue weighted by Gasteiger charge is 2.22. The molecule has 0 unspecified atom stereocenters. The van der Waals surface area contributed by atoms with Crippen LogP contribution in [0.1, 0.15) is 41.5 Å². The molecule has 140 valence electrons. The first kappa shape index (κ1) is 17.5. The van der Waals surface area contributed by atoms with Gasteiger partial charge in [-0.25, -0.2) is 9.50 Å². The first-order chi connectivity index (χ1) is 13.2. The molecule has 4 rings (SSSR count). The zero-order valence-electron chi connectivity index (χ0n) is 15.9. The van der Waals surface area contributed by atoms with Crippen molar-refractivity contribution in [3.05, 3.63) is 59.5 Å². The van der Waals surface area contributed by atoms with E-state index >= 15 is 0 Å². The summed E-state index contributed by atoms with van der Waals surface area (Å²) in [4.78, 5) is 21.9. The highest BCUT2D eigenvalue weighted by Crippen LogP contribution is 2.25. The Balaban J connectivity index is 1.66. The molecule has 0 radical (unpaired) electrons. The van der Waals surface area contributed by atoms with Crippen molar-refractivity contribution in [2.24, 2.45) is 0 Å². The van der Waals surface area contributed by atoms with Gasteiger partial charge in [-0.15, -0.1) is 0 Å². The highest BCUT2D eigenvalue weighted by molar-refractivity contribution is 5.94. The van der Waals surface area contributed by atoms with Gasteiger partial charge in [0.2, 0.25) is 0 Å². The van der Waals surface area contributed by atoms with Crippen LogP contribution in [0.3, 0.4) is 0 Å². The second-order valence-corrected chi connectivity index (χ2v) is 7.06. The molecule has 3 aromatic rings. The lowest BCUT2D eigenvalue weighted by molar-refractivity contribution is 0.0746. The minimum Gasteiger partial charge on any atom is -0.355 e. The first-order valence-corrected chi connectivity index (χ1v) is 9.61. The molecule has 1 amide bonds. The van der Waals surface area contributed by atoms with Crippen LogP contribution in [0.25, 0.3) is 5.52 Å². The van der Waals surface area contributed by atoms with Crippen molar-refractivity contribution in [1.82, 2.24) is 19.5 Å². The van der Waals surface area contributed by atoms with E-state index in [0.717, 1.165) is 35.7 Å². The molecule has 0 saturated carbocycles. The predicted octanol–water partition coefficient (Wildman–Crippen LogP) is 3.30. The van der Waals surface area contributed by atoms with Gasteiger partial charge in [-0.3, -0.25) is 4.79 Å². The average molecular weight is 363 g/mol. The molecule has 6 heteroatoms. The Labute approximate surface area is 159 Å². The number of anilines is 1. The zero-order valence-corrected chi connectivity index (χ0v) is 15.9. The van der Waals surface area contributed by atoms with Gasteiger partial charge in [0.25, 0.3) is 5.91 Å². The van der Waals surface area contributed by atoms with Gasteiger partial charge >= 0.3 is 0 Å². The maximum atomic E-state index is 13.1. The second-order valence-electron chi connectivity index (χ2n) is 7.06. The molecule has 3 heterocycles. The van der Waals surface area contributed by atoms with Crippen LogP contribution >= 0.6 is 0 Å². The van der Waals surface area contributed by atoms with E-state index < -0.39 is 0 Å². The van der Waals surface area contributed by atoms with E-state index in [4.69, 9.17) is 4.98 Å². The maximum absolute atomic E-state index is 13.1. The number of rotatable bonds is 5. The summed E-state index contributed by atoms with van der Waals surface area (Å²) in [5.41, 5.74) is 3.40. The van der Waals surface area contributed by atoms with Crippen molar-refractivity contribution >= 4 is 17.2 Å². The number of aromatic nitrogens is 3. The molecular weight excluding hydrogens is 338 g/mol. The summed E-state index contributed by atoms with van der Waals surface area (Å²) < 4.78 is 1.81. The van der Waals surface area contributed by atoms with E-state index in [1.807, 2.05) is 61.3 Å². The van der Waals surface area contributed by atoms with E-state index in [1.165, 1.54) is 12.8 Å². The van der Waals surface area contributed by atoms with Gasteiger partial charge in [0.1, 0.15) is 5.52 Å². The normalized spacial score (nSPS) is 14.1. The van der Waals surface area contributed by atoms with Crippen molar-refractivity contribution < 1.29 is 4.79 Å². The largest absolute Gasteiger partial charge is 0.355 e. The van der Waals surface area contributed by atoms with Crippen molar-refractivity contribution in [2.45, 2.75) is 33.2 Å². The van der Waals surface area contributed by atoms with Crippen molar-refractivity contribution in [3.63, 3.8) is 0 Å². The number of hydrogen-bond donors (Lipinski definition) is 0. The fourth-order valence-corrected chi connectivity index (χ4v) is 3.65. The molecule has 0 aliphatic carbocycles. The van der Waals surface area contributed by atoms with Crippen molar-refractivity contribution in [1.29, 1.82) is 0 Å². The monoisotopic (exact) mass is 363 g/mol. The van der Waals surface area contributed by atoms with Gasteiger partial charge < -0.3 is 9.80 Å². The molecule has 1 aliphatic heterocycles. The standard InChI is InChI=1S/C21H25N5O/c1-3-24(15-17-9-5-4-6-10-17)21(27)18-13-19-20(25-11-7-8-12-25)22-16(2)14-26(19)23-18/h4-6,9-10,13-14H,3,7-8,11-12,15H2,1-2H3. The first-order valence-electron chi connectivity index (χ1n) is 9.61. The topological polar surface area (TPSA) is 53.7 Å². The number of amides is 1. The van der Waals surface area contributed by atoms with E-state index in [2.05, 4.69) is 10.00 Å². The summed E-state index contributed by atoms with van der Waals surface area (Å²) in [6.07, 6.45) is 4.25. The lowest BCUT2D eigenvalue weighted by Gasteiger charge is -2.19.